The fourth-order valence-electron chi connectivity index (χ4n) is 2.20. The van der Waals surface area contributed by atoms with Gasteiger partial charge in [-0.25, -0.2) is 0 Å². The van der Waals surface area contributed by atoms with Crippen molar-refractivity contribution in [3.8, 4) is 5.75 Å². The zero-order valence-electron chi connectivity index (χ0n) is 15.2. The van der Waals surface area contributed by atoms with Gasteiger partial charge < -0.3 is 14.6 Å². The molecule has 144 valence electrons. The third kappa shape index (κ3) is 6.14. The molecule has 0 aliphatic rings. The van der Waals surface area contributed by atoms with Crippen molar-refractivity contribution in [3.63, 3.8) is 0 Å². The molecule has 0 saturated carbocycles. The number of hydrazine groups is 1. The van der Waals surface area contributed by atoms with E-state index in [0.29, 0.717) is 17.0 Å². The number of halogens is 1. The molecule has 2 aromatic rings. The molecule has 0 bridgehead atoms. The van der Waals surface area contributed by atoms with Crippen molar-refractivity contribution in [2.24, 2.45) is 7.05 Å². The number of amides is 3. The van der Waals surface area contributed by atoms with Crippen molar-refractivity contribution in [2.45, 2.75) is 20.0 Å². The summed E-state index contributed by atoms with van der Waals surface area (Å²) in [6.45, 7) is 3.55. The van der Waals surface area contributed by atoms with Crippen LogP contribution >= 0.6 is 15.9 Å². The minimum absolute atomic E-state index is 0.0419. The SMILES string of the molecule is CC(C)Oc1ccc(C(=O)NCC(=O)NNC(=O)c2cc(Br)cn2C)cc1. The van der Waals surface area contributed by atoms with E-state index in [4.69, 9.17) is 4.74 Å². The fraction of sp³-hybridized carbons (Fsp3) is 0.278. The second-order valence-electron chi connectivity index (χ2n) is 6.03. The van der Waals surface area contributed by atoms with Crippen LogP contribution in [0.2, 0.25) is 0 Å². The Morgan fingerprint density at radius 3 is 2.33 bits per heavy atom. The third-order valence-corrected chi connectivity index (χ3v) is 3.85. The number of nitrogens with one attached hydrogen (secondary N) is 3. The number of hydrogen-bond donors (Lipinski definition) is 3. The molecule has 1 heterocycles. The van der Waals surface area contributed by atoms with E-state index in [-0.39, 0.29) is 12.6 Å². The van der Waals surface area contributed by atoms with Crippen molar-refractivity contribution in [3.05, 3.63) is 52.3 Å². The van der Waals surface area contributed by atoms with Gasteiger partial charge in [-0.1, -0.05) is 0 Å². The Kier molecular flexibility index (Phi) is 7.00. The molecule has 0 spiro atoms. The molecule has 0 saturated heterocycles. The lowest BCUT2D eigenvalue weighted by Crippen LogP contribution is -2.46. The molecular formula is C18H21BrN4O4. The quantitative estimate of drug-likeness (QED) is 0.600. The molecule has 0 aliphatic heterocycles. The van der Waals surface area contributed by atoms with Gasteiger partial charge in [0.1, 0.15) is 11.4 Å². The number of ether oxygens (including phenoxy) is 1. The van der Waals surface area contributed by atoms with Gasteiger partial charge >= 0.3 is 0 Å². The van der Waals surface area contributed by atoms with Gasteiger partial charge in [0.15, 0.2) is 0 Å². The Hall–Kier alpha value is -2.81. The molecule has 8 nitrogen and oxygen atoms in total. The highest BCUT2D eigenvalue weighted by Gasteiger charge is 2.13. The van der Waals surface area contributed by atoms with Gasteiger partial charge in [0.25, 0.3) is 17.7 Å². The lowest BCUT2D eigenvalue weighted by Gasteiger charge is -2.11. The summed E-state index contributed by atoms with van der Waals surface area (Å²) in [6.07, 6.45) is 1.76. The lowest BCUT2D eigenvalue weighted by molar-refractivity contribution is -0.120. The van der Waals surface area contributed by atoms with Crippen LogP contribution in [0.3, 0.4) is 0 Å². The first kappa shape index (κ1) is 20.5. The van der Waals surface area contributed by atoms with Crippen LogP contribution in [0.1, 0.15) is 34.7 Å². The van der Waals surface area contributed by atoms with E-state index >= 15 is 0 Å². The number of nitrogens with zero attached hydrogens (tertiary/aromatic N) is 1. The van der Waals surface area contributed by atoms with Crippen LogP contribution in [0.15, 0.2) is 41.0 Å². The van der Waals surface area contributed by atoms with Crippen LogP contribution in [0.5, 0.6) is 5.75 Å². The van der Waals surface area contributed by atoms with Crippen LogP contribution in [0, 0.1) is 0 Å². The summed E-state index contributed by atoms with van der Waals surface area (Å²) < 4.78 is 7.87. The minimum atomic E-state index is -0.551. The molecule has 3 N–H and O–H groups in total. The summed E-state index contributed by atoms with van der Waals surface area (Å²) in [6, 6.07) is 8.22. The van der Waals surface area contributed by atoms with Gasteiger partial charge in [-0.3, -0.25) is 25.2 Å². The van der Waals surface area contributed by atoms with E-state index in [1.807, 2.05) is 13.8 Å². The molecule has 27 heavy (non-hydrogen) atoms. The van der Waals surface area contributed by atoms with Crippen LogP contribution in [0.4, 0.5) is 0 Å². The van der Waals surface area contributed by atoms with Gasteiger partial charge in [-0.2, -0.15) is 0 Å². The predicted molar refractivity (Wildman–Crippen MR) is 103 cm³/mol. The van der Waals surface area contributed by atoms with Gasteiger partial charge in [0, 0.05) is 23.3 Å². The second kappa shape index (κ2) is 9.22. The Balaban J connectivity index is 1.78. The van der Waals surface area contributed by atoms with Crippen LogP contribution < -0.4 is 20.9 Å². The summed E-state index contributed by atoms with van der Waals surface area (Å²) in [5.74, 6) is -0.762. The maximum atomic E-state index is 12.1. The highest BCUT2D eigenvalue weighted by molar-refractivity contribution is 9.10. The molecule has 0 radical (unpaired) electrons. The molecule has 0 aliphatic carbocycles. The molecule has 3 amide bonds. The van der Waals surface area contributed by atoms with E-state index in [1.54, 1.807) is 48.1 Å². The molecule has 9 heteroatoms. The minimum Gasteiger partial charge on any atom is -0.491 e. The zero-order chi connectivity index (χ0) is 20.0. The van der Waals surface area contributed by atoms with Gasteiger partial charge in [-0.05, 0) is 60.1 Å². The van der Waals surface area contributed by atoms with Crippen molar-refractivity contribution in [1.29, 1.82) is 0 Å². The topological polar surface area (TPSA) is 101 Å². The molecule has 1 aromatic heterocycles. The smallest absolute Gasteiger partial charge is 0.286 e. The number of carbonyl (C=O) groups excluding carboxylic acids is 3. The van der Waals surface area contributed by atoms with Crippen LogP contribution in [-0.4, -0.2) is 34.9 Å². The number of aromatic nitrogens is 1. The van der Waals surface area contributed by atoms with E-state index < -0.39 is 17.7 Å². The lowest BCUT2D eigenvalue weighted by atomic mass is 10.2. The molecule has 0 fully saturated rings. The number of aryl methyl sites for hydroxylation is 1. The van der Waals surface area contributed by atoms with E-state index in [2.05, 4.69) is 32.1 Å². The van der Waals surface area contributed by atoms with Crippen molar-refractivity contribution >= 4 is 33.7 Å². The van der Waals surface area contributed by atoms with E-state index in [0.717, 1.165) is 4.47 Å². The molecule has 0 unspecified atom stereocenters. The Morgan fingerprint density at radius 2 is 1.78 bits per heavy atom. The molecule has 2 rings (SSSR count). The number of benzene rings is 1. The zero-order valence-corrected chi connectivity index (χ0v) is 16.8. The van der Waals surface area contributed by atoms with Gasteiger partial charge in [0.2, 0.25) is 0 Å². The molecular weight excluding hydrogens is 416 g/mol. The standard InChI is InChI=1S/C18H21BrN4O4/c1-11(2)27-14-6-4-12(5-7-14)17(25)20-9-16(24)21-22-18(26)15-8-13(19)10-23(15)3/h4-8,10-11H,9H2,1-3H3,(H,20,25)(H,21,24)(H,22,26). The number of rotatable bonds is 6. The third-order valence-electron chi connectivity index (χ3n) is 3.42. The summed E-state index contributed by atoms with van der Waals surface area (Å²) in [5, 5.41) is 2.48. The first-order chi connectivity index (χ1) is 12.8. The number of hydrogen-bond acceptors (Lipinski definition) is 4. The van der Waals surface area contributed by atoms with Crippen molar-refractivity contribution in [2.75, 3.05) is 6.54 Å². The Morgan fingerprint density at radius 1 is 1.11 bits per heavy atom. The van der Waals surface area contributed by atoms with Crippen molar-refractivity contribution < 1.29 is 19.1 Å². The summed E-state index contributed by atoms with van der Waals surface area (Å²) >= 11 is 3.27. The van der Waals surface area contributed by atoms with Crippen LogP contribution in [0.25, 0.3) is 0 Å². The van der Waals surface area contributed by atoms with Gasteiger partial charge in [-0.15, -0.1) is 0 Å². The van der Waals surface area contributed by atoms with E-state index in [1.165, 1.54) is 0 Å². The summed E-state index contributed by atoms with van der Waals surface area (Å²) in [5.41, 5.74) is 5.32. The highest BCUT2D eigenvalue weighted by atomic mass is 79.9. The first-order valence-corrected chi connectivity index (χ1v) is 9.01. The van der Waals surface area contributed by atoms with E-state index in [9.17, 15) is 14.4 Å². The number of carbonyl (C=O) groups is 3. The van der Waals surface area contributed by atoms with Crippen LogP contribution in [-0.2, 0) is 11.8 Å². The second-order valence-corrected chi connectivity index (χ2v) is 6.95. The average molecular weight is 437 g/mol. The molecule has 1 aromatic carbocycles. The normalized spacial score (nSPS) is 10.4. The summed E-state index contributed by atoms with van der Waals surface area (Å²) in [7, 11) is 1.71. The Labute approximate surface area is 165 Å². The summed E-state index contributed by atoms with van der Waals surface area (Å²) in [4.78, 5) is 35.8. The first-order valence-electron chi connectivity index (χ1n) is 8.22. The monoisotopic (exact) mass is 436 g/mol. The van der Waals surface area contributed by atoms with Gasteiger partial charge in [0.05, 0.1) is 12.6 Å². The molecule has 0 atom stereocenters. The highest BCUT2D eigenvalue weighted by Crippen LogP contribution is 2.14. The predicted octanol–water partition coefficient (Wildman–Crippen LogP) is 1.77. The maximum absolute atomic E-state index is 12.1. The Bertz CT molecular complexity index is 830. The fourth-order valence-corrected chi connectivity index (χ4v) is 2.73. The average Bonchev–Trinajstić information content (AvgIpc) is 2.96. The largest absolute Gasteiger partial charge is 0.491 e. The van der Waals surface area contributed by atoms with Crippen molar-refractivity contribution in [1.82, 2.24) is 20.7 Å². The maximum Gasteiger partial charge on any atom is 0.286 e.